The van der Waals surface area contributed by atoms with Gasteiger partial charge in [-0.2, -0.15) is 0 Å². The van der Waals surface area contributed by atoms with Crippen molar-refractivity contribution in [1.82, 2.24) is 10.5 Å². The van der Waals surface area contributed by atoms with E-state index in [9.17, 15) is 9.18 Å². The zero-order chi connectivity index (χ0) is 16.3. The van der Waals surface area contributed by atoms with Gasteiger partial charge in [0.25, 0.3) is 0 Å². The molecule has 0 bridgehead atoms. The SMILES string of the molecule is C[C@@H](NC(=O)OC(C)(C)C)c1cc(-c2ccccc2F)no1. The van der Waals surface area contributed by atoms with Crippen molar-refractivity contribution in [2.45, 2.75) is 39.3 Å². The summed E-state index contributed by atoms with van der Waals surface area (Å²) in [7, 11) is 0. The highest BCUT2D eigenvalue weighted by molar-refractivity contribution is 5.68. The number of alkyl carbamates (subject to hydrolysis) is 1. The molecule has 1 N–H and O–H groups in total. The minimum Gasteiger partial charge on any atom is -0.444 e. The minimum atomic E-state index is -0.580. The molecule has 0 aliphatic carbocycles. The first-order valence-corrected chi connectivity index (χ1v) is 6.97. The molecule has 118 valence electrons. The van der Waals surface area contributed by atoms with Crippen LogP contribution < -0.4 is 5.32 Å². The molecule has 0 spiro atoms. The van der Waals surface area contributed by atoms with Gasteiger partial charge in [0.1, 0.15) is 17.1 Å². The van der Waals surface area contributed by atoms with Gasteiger partial charge in [0.2, 0.25) is 0 Å². The van der Waals surface area contributed by atoms with Crippen molar-refractivity contribution in [1.29, 1.82) is 0 Å². The van der Waals surface area contributed by atoms with E-state index in [2.05, 4.69) is 10.5 Å². The van der Waals surface area contributed by atoms with E-state index >= 15 is 0 Å². The van der Waals surface area contributed by atoms with E-state index < -0.39 is 17.7 Å². The van der Waals surface area contributed by atoms with Crippen LogP contribution in [0, 0.1) is 5.82 Å². The topological polar surface area (TPSA) is 64.4 Å². The summed E-state index contributed by atoms with van der Waals surface area (Å²) in [6, 6.07) is 7.44. The fourth-order valence-corrected chi connectivity index (χ4v) is 1.84. The predicted molar refractivity (Wildman–Crippen MR) is 79.7 cm³/mol. The van der Waals surface area contributed by atoms with Crippen LogP contribution in [0.1, 0.15) is 39.5 Å². The monoisotopic (exact) mass is 306 g/mol. The Morgan fingerprint density at radius 1 is 1.36 bits per heavy atom. The number of carbonyl (C=O) groups excluding carboxylic acids is 1. The molecule has 6 heteroatoms. The van der Waals surface area contributed by atoms with Crippen LogP contribution in [0.25, 0.3) is 11.3 Å². The number of nitrogens with zero attached hydrogens (tertiary/aromatic N) is 1. The van der Waals surface area contributed by atoms with Gasteiger partial charge in [-0.05, 0) is 39.8 Å². The second-order valence-electron chi connectivity index (χ2n) is 5.96. The number of ether oxygens (including phenoxy) is 1. The summed E-state index contributed by atoms with van der Waals surface area (Å²) in [5, 5.41) is 6.49. The summed E-state index contributed by atoms with van der Waals surface area (Å²) in [4.78, 5) is 11.7. The third-order valence-corrected chi connectivity index (χ3v) is 2.84. The van der Waals surface area contributed by atoms with Crippen LogP contribution in [0.4, 0.5) is 9.18 Å². The fourth-order valence-electron chi connectivity index (χ4n) is 1.84. The Morgan fingerprint density at radius 3 is 2.68 bits per heavy atom. The van der Waals surface area contributed by atoms with Crippen LogP contribution in [0.15, 0.2) is 34.9 Å². The molecule has 0 fully saturated rings. The quantitative estimate of drug-likeness (QED) is 0.928. The Hall–Kier alpha value is -2.37. The molecule has 0 unspecified atom stereocenters. The molecule has 2 rings (SSSR count). The fraction of sp³-hybridized carbons (Fsp3) is 0.375. The molecule has 1 aromatic heterocycles. The zero-order valence-electron chi connectivity index (χ0n) is 13.0. The molecular weight excluding hydrogens is 287 g/mol. The molecule has 0 saturated carbocycles. The van der Waals surface area contributed by atoms with Crippen LogP contribution in [0.2, 0.25) is 0 Å². The van der Waals surface area contributed by atoms with Crippen LogP contribution in [0.5, 0.6) is 0 Å². The number of nitrogens with one attached hydrogen (secondary N) is 1. The van der Waals surface area contributed by atoms with Crippen molar-refractivity contribution in [2.24, 2.45) is 0 Å². The van der Waals surface area contributed by atoms with Gasteiger partial charge in [0, 0.05) is 11.6 Å². The predicted octanol–water partition coefficient (Wildman–Crippen LogP) is 4.07. The van der Waals surface area contributed by atoms with E-state index in [1.807, 2.05) is 0 Å². The molecule has 0 aliphatic heterocycles. The summed E-state index contributed by atoms with van der Waals surface area (Å²) < 4.78 is 24.1. The summed E-state index contributed by atoms with van der Waals surface area (Å²) in [6.07, 6.45) is -0.552. The first-order chi connectivity index (χ1) is 10.3. The molecular formula is C16H19FN2O3. The molecule has 1 heterocycles. The molecule has 2 aromatic rings. The Morgan fingerprint density at radius 2 is 2.05 bits per heavy atom. The van der Waals surface area contributed by atoms with Gasteiger partial charge in [-0.1, -0.05) is 17.3 Å². The molecule has 5 nitrogen and oxygen atoms in total. The maximum Gasteiger partial charge on any atom is 0.408 e. The number of aromatic nitrogens is 1. The van der Waals surface area contributed by atoms with Crippen LogP contribution in [-0.2, 0) is 4.74 Å². The molecule has 0 aliphatic rings. The highest BCUT2D eigenvalue weighted by atomic mass is 19.1. The molecule has 1 amide bonds. The normalized spacial score (nSPS) is 12.8. The Balaban J connectivity index is 2.08. The molecule has 1 aromatic carbocycles. The number of benzene rings is 1. The number of amides is 1. The number of hydrogen-bond acceptors (Lipinski definition) is 4. The van der Waals surface area contributed by atoms with Crippen LogP contribution in [-0.4, -0.2) is 16.9 Å². The highest BCUT2D eigenvalue weighted by Crippen LogP contribution is 2.24. The van der Waals surface area contributed by atoms with Gasteiger partial charge in [0.05, 0.1) is 6.04 Å². The Labute approximate surface area is 128 Å². The van der Waals surface area contributed by atoms with E-state index in [4.69, 9.17) is 9.26 Å². The maximum atomic E-state index is 13.7. The van der Waals surface area contributed by atoms with Crippen LogP contribution in [0.3, 0.4) is 0 Å². The highest BCUT2D eigenvalue weighted by Gasteiger charge is 2.21. The van der Waals surface area contributed by atoms with Crippen molar-refractivity contribution >= 4 is 6.09 Å². The first-order valence-electron chi connectivity index (χ1n) is 6.97. The lowest BCUT2D eigenvalue weighted by Crippen LogP contribution is -2.33. The van der Waals surface area contributed by atoms with Crippen molar-refractivity contribution in [2.75, 3.05) is 0 Å². The van der Waals surface area contributed by atoms with Crippen molar-refractivity contribution in [3.63, 3.8) is 0 Å². The lowest BCUT2D eigenvalue weighted by molar-refractivity contribution is 0.0500. The van der Waals surface area contributed by atoms with Crippen molar-refractivity contribution in [3.05, 3.63) is 41.9 Å². The van der Waals surface area contributed by atoms with Gasteiger partial charge in [-0.3, -0.25) is 0 Å². The van der Waals surface area contributed by atoms with E-state index in [1.165, 1.54) is 6.07 Å². The minimum absolute atomic E-state index is 0.349. The summed E-state index contributed by atoms with van der Waals surface area (Å²) in [5.74, 6) is 0.0409. The zero-order valence-corrected chi connectivity index (χ0v) is 13.0. The molecule has 0 radical (unpaired) electrons. The van der Waals surface area contributed by atoms with E-state index in [0.717, 1.165) is 0 Å². The van der Waals surface area contributed by atoms with Gasteiger partial charge in [-0.25, -0.2) is 9.18 Å². The van der Waals surface area contributed by atoms with Gasteiger partial charge < -0.3 is 14.6 Å². The van der Waals surface area contributed by atoms with Crippen molar-refractivity contribution in [3.8, 4) is 11.3 Å². The number of hydrogen-bond donors (Lipinski definition) is 1. The second kappa shape index (κ2) is 6.17. The third-order valence-electron chi connectivity index (χ3n) is 2.84. The second-order valence-corrected chi connectivity index (χ2v) is 5.96. The van der Waals surface area contributed by atoms with Crippen molar-refractivity contribution < 1.29 is 18.4 Å². The average Bonchev–Trinajstić information content (AvgIpc) is 2.86. The summed E-state index contributed by atoms with van der Waals surface area (Å²) >= 11 is 0. The maximum absolute atomic E-state index is 13.7. The van der Waals surface area contributed by atoms with E-state index in [0.29, 0.717) is 17.0 Å². The smallest absolute Gasteiger partial charge is 0.408 e. The Kier molecular flexibility index (Phi) is 4.49. The average molecular weight is 306 g/mol. The molecule has 1 atom stereocenters. The van der Waals surface area contributed by atoms with Gasteiger partial charge in [0.15, 0.2) is 5.76 Å². The number of rotatable bonds is 3. The molecule has 0 saturated heterocycles. The van der Waals surface area contributed by atoms with E-state index in [-0.39, 0.29) is 5.82 Å². The number of halogens is 1. The lowest BCUT2D eigenvalue weighted by Gasteiger charge is -2.21. The van der Waals surface area contributed by atoms with Crippen LogP contribution >= 0.6 is 0 Å². The third kappa shape index (κ3) is 4.07. The Bertz CT molecular complexity index is 661. The number of carbonyl (C=O) groups is 1. The van der Waals surface area contributed by atoms with E-state index in [1.54, 1.807) is 52.0 Å². The molecule has 22 heavy (non-hydrogen) atoms. The first kappa shape index (κ1) is 16.0. The summed E-state index contributed by atoms with van der Waals surface area (Å²) in [6.45, 7) is 7.07. The lowest BCUT2D eigenvalue weighted by atomic mass is 10.1. The van der Waals surface area contributed by atoms with Gasteiger partial charge in [-0.15, -0.1) is 0 Å². The largest absolute Gasteiger partial charge is 0.444 e. The summed E-state index contributed by atoms with van der Waals surface area (Å²) in [5.41, 5.74) is 0.150. The van der Waals surface area contributed by atoms with Gasteiger partial charge >= 0.3 is 6.09 Å². The standard InChI is InChI=1S/C16H19FN2O3/c1-10(18-15(20)21-16(2,3)4)14-9-13(19-22-14)11-7-5-6-8-12(11)17/h5-10H,1-4H3,(H,18,20)/t10-/m1/s1.